The van der Waals surface area contributed by atoms with Crippen LogP contribution in [0.1, 0.15) is 5.56 Å². The minimum Gasteiger partial charge on any atom is -0.493 e. The fourth-order valence-corrected chi connectivity index (χ4v) is 4.45. The molecule has 0 spiro atoms. The first kappa shape index (κ1) is 15.9. The first-order valence-electron chi connectivity index (χ1n) is 7.47. The van der Waals surface area contributed by atoms with E-state index in [2.05, 4.69) is 49.7 Å². The molecule has 0 saturated carbocycles. The zero-order valence-corrected chi connectivity index (χ0v) is 15.7. The minimum atomic E-state index is 0.384. The molecule has 0 fully saturated rings. The Morgan fingerprint density at radius 2 is 2.21 bits per heavy atom. The Bertz CT molecular complexity index is 928. The van der Waals surface area contributed by atoms with E-state index >= 15 is 0 Å². The van der Waals surface area contributed by atoms with Gasteiger partial charge >= 0.3 is 0 Å². The summed E-state index contributed by atoms with van der Waals surface area (Å²) in [7, 11) is 0. The second-order valence-corrected chi connectivity index (χ2v) is 7.53. The first-order chi connectivity index (χ1) is 11.7. The van der Waals surface area contributed by atoms with Crippen molar-refractivity contribution in [2.24, 2.45) is 5.73 Å². The normalized spacial score (nSPS) is 13.2. The lowest BCUT2D eigenvalue weighted by Crippen LogP contribution is -2.11. The summed E-state index contributed by atoms with van der Waals surface area (Å²) in [6, 6.07) is 4.26. The SMILES string of the molecule is NCCn1c(Sc2cc3c(cc2I)OCC3)nc2c(N)ncnc21. The number of hydrogen-bond acceptors (Lipinski definition) is 7. The summed E-state index contributed by atoms with van der Waals surface area (Å²) < 4.78 is 8.75. The van der Waals surface area contributed by atoms with Crippen molar-refractivity contribution in [1.82, 2.24) is 19.5 Å². The number of imidazole rings is 1. The third kappa shape index (κ3) is 2.70. The molecule has 0 unspecified atom stereocenters. The highest BCUT2D eigenvalue weighted by Gasteiger charge is 2.19. The zero-order chi connectivity index (χ0) is 16.7. The van der Waals surface area contributed by atoms with Crippen LogP contribution in [0.15, 0.2) is 28.5 Å². The highest BCUT2D eigenvalue weighted by Crippen LogP contribution is 2.38. The number of ether oxygens (including phenoxy) is 1. The molecule has 1 aliphatic heterocycles. The topological polar surface area (TPSA) is 105 Å². The van der Waals surface area contributed by atoms with Crippen molar-refractivity contribution in [3.8, 4) is 5.75 Å². The van der Waals surface area contributed by atoms with Gasteiger partial charge in [0.25, 0.3) is 0 Å². The molecule has 0 bridgehead atoms. The Hall–Kier alpha value is -1.59. The number of benzene rings is 1. The molecule has 7 nitrogen and oxygen atoms in total. The van der Waals surface area contributed by atoms with Crippen molar-refractivity contribution < 1.29 is 4.74 Å². The van der Waals surface area contributed by atoms with E-state index in [1.54, 1.807) is 11.8 Å². The number of nitrogens with zero attached hydrogens (tertiary/aromatic N) is 4. The molecule has 0 saturated heterocycles. The quantitative estimate of drug-likeness (QED) is 0.582. The van der Waals surface area contributed by atoms with Crippen LogP contribution in [0, 0.1) is 3.57 Å². The van der Waals surface area contributed by atoms with Crippen LogP contribution in [-0.2, 0) is 13.0 Å². The van der Waals surface area contributed by atoms with Gasteiger partial charge < -0.3 is 20.8 Å². The molecule has 0 amide bonds. The molecule has 3 aromatic rings. The Balaban J connectivity index is 1.80. The van der Waals surface area contributed by atoms with Crippen molar-refractivity contribution >= 4 is 51.3 Å². The Morgan fingerprint density at radius 1 is 1.33 bits per heavy atom. The van der Waals surface area contributed by atoms with E-state index in [1.165, 1.54) is 11.9 Å². The summed E-state index contributed by atoms with van der Waals surface area (Å²) in [6.45, 7) is 1.87. The van der Waals surface area contributed by atoms with Gasteiger partial charge in [-0.3, -0.25) is 0 Å². The second kappa shape index (κ2) is 6.37. The van der Waals surface area contributed by atoms with E-state index in [4.69, 9.17) is 16.2 Å². The third-order valence-corrected chi connectivity index (χ3v) is 6.13. The van der Waals surface area contributed by atoms with Crippen molar-refractivity contribution in [2.45, 2.75) is 23.0 Å². The number of nitrogen functional groups attached to an aromatic ring is 1. The van der Waals surface area contributed by atoms with Gasteiger partial charge in [0.05, 0.1) is 6.61 Å². The fraction of sp³-hybridized carbons (Fsp3) is 0.267. The second-order valence-electron chi connectivity index (χ2n) is 5.36. The summed E-state index contributed by atoms with van der Waals surface area (Å²) in [5.74, 6) is 1.36. The maximum absolute atomic E-state index is 5.95. The average Bonchev–Trinajstić information content (AvgIpc) is 3.14. The standard InChI is InChI=1S/C15H15IN6OS/c16-9-6-10-8(1-4-23-10)5-11(9)24-15-21-12-13(18)19-7-20-14(12)22(15)3-2-17/h5-7H,1-4,17H2,(H2,18,19,20). The smallest absolute Gasteiger partial charge is 0.175 e. The Morgan fingerprint density at radius 3 is 3.04 bits per heavy atom. The Kier molecular flexibility index (Phi) is 4.22. The predicted molar refractivity (Wildman–Crippen MR) is 101 cm³/mol. The van der Waals surface area contributed by atoms with Crippen molar-refractivity contribution in [3.05, 3.63) is 27.6 Å². The highest BCUT2D eigenvalue weighted by molar-refractivity contribution is 14.1. The fourth-order valence-electron chi connectivity index (χ4n) is 2.70. The molecule has 4 N–H and O–H groups in total. The van der Waals surface area contributed by atoms with Crippen LogP contribution in [0.3, 0.4) is 0 Å². The molecule has 124 valence electrons. The van der Waals surface area contributed by atoms with Gasteiger partial charge in [0, 0.05) is 28.0 Å². The lowest BCUT2D eigenvalue weighted by molar-refractivity contribution is 0.356. The number of aromatic nitrogens is 4. The van der Waals surface area contributed by atoms with E-state index in [0.717, 1.165) is 38.0 Å². The molecule has 1 aromatic carbocycles. The largest absolute Gasteiger partial charge is 0.493 e. The molecule has 0 atom stereocenters. The number of anilines is 1. The number of nitrogens with two attached hydrogens (primary N) is 2. The van der Waals surface area contributed by atoms with Crippen molar-refractivity contribution in [1.29, 1.82) is 0 Å². The van der Waals surface area contributed by atoms with Gasteiger partial charge in [-0.1, -0.05) is 11.8 Å². The Labute approximate surface area is 156 Å². The van der Waals surface area contributed by atoms with Crippen LogP contribution < -0.4 is 16.2 Å². The van der Waals surface area contributed by atoms with Gasteiger partial charge in [0.15, 0.2) is 22.1 Å². The molecule has 0 radical (unpaired) electrons. The summed E-state index contributed by atoms with van der Waals surface area (Å²) in [5, 5.41) is 0.819. The molecule has 3 heterocycles. The van der Waals surface area contributed by atoms with E-state index in [0.29, 0.717) is 24.4 Å². The summed E-state index contributed by atoms with van der Waals surface area (Å²) in [6.07, 6.45) is 2.40. The van der Waals surface area contributed by atoms with Crippen LogP contribution in [0.5, 0.6) is 5.75 Å². The van der Waals surface area contributed by atoms with Gasteiger partial charge in [-0.05, 0) is 40.3 Å². The molecule has 0 aliphatic carbocycles. The highest BCUT2D eigenvalue weighted by atomic mass is 127. The van der Waals surface area contributed by atoms with Crippen LogP contribution in [0.25, 0.3) is 11.2 Å². The van der Waals surface area contributed by atoms with Crippen LogP contribution in [-0.4, -0.2) is 32.7 Å². The minimum absolute atomic E-state index is 0.384. The molecule has 2 aromatic heterocycles. The number of fused-ring (bicyclic) bond motifs is 2. The molecular weight excluding hydrogens is 439 g/mol. The lowest BCUT2D eigenvalue weighted by Gasteiger charge is -2.09. The van der Waals surface area contributed by atoms with Crippen LogP contribution >= 0.6 is 34.4 Å². The number of hydrogen-bond donors (Lipinski definition) is 2. The van der Waals surface area contributed by atoms with E-state index in [1.807, 2.05) is 4.57 Å². The van der Waals surface area contributed by atoms with Gasteiger partial charge in [0.1, 0.15) is 12.1 Å². The molecule has 1 aliphatic rings. The zero-order valence-electron chi connectivity index (χ0n) is 12.7. The monoisotopic (exact) mass is 454 g/mol. The van der Waals surface area contributed by atoms with Crippen molar-refractivity contribution in [2.75, 3.05) is 18.9 Å². The lowest BCUT2D eigenvalue weighted by atomic mass is 10.2. The molecule has 4 rings (SSSR count). The molecule has 9 heteroatoms. The molecule has 24 heavy (non-hydrogen) atoms. The van der Waals surface area contributed by atoms with E-state index in [-0.39, 0.29) is 0 Å². The predicted octanol–water partition coefficient (Wildman–Crippen LogP) is 2.06. The van der Waals surface area contributed by atoms with E-state index < -0.39 is 0 Å². The maximum atomic E-state index is 5.95. The first-order valence-corrected chi connectivity index (χ1v) is 9.36. The van der Waals surface area contributed by atoms with Crippen LogP contribution in [0.4, 0.5) is 5.82 Å². The third-order valence-electron chi connectivity index (χ3n) is 3.82. The van der Waals surface area contributed by atoms with E-state index in [9.17, 15) is 0 Å². The van der Waals surface area contributed by atoms with Crippen LogP contribution in [0.2, 0.25) is 0 Å². The van der Waals surface area contributed by atoms with Gasteiger partial charge in [0.2, 0.25) is 0 Å². The van der Waals surface area contributed by atoms with Gasteiger partial charge in [-0.25, -0.2) is 15.0 Å². The molecular formula is C15H15IN6OS. The summed E-state index contributed by atoms with van der Waals surface area (Å²) in [5.41, 5.74) is 14.3. The summed E-state index contributed by atoms with van der Waals surface area (Å²) in [4.78, 5) is 14.1. The summed E-state index contributed by atoms with van der Waals surface area (Å²) >= 11 is 3.91. The van der Waals surface area contributed by atoms with Gasteiger partial charge in [-0.2, -0.15) is 0 Å². The average molecular weight is 454 g/mol. The van der Waals surface area contributed by atoms with Gasteiger partial charge in [-0.15, -0.1) is 0 Å². The number of rotatable bonds is 4. The van der Waals surface area contributed by atoms with Crippen molar-refractivity contribution in [3.63, 3.8) is 0 Å². The number of halogens is 1. The maximum Gasteiger partial charge on any atom is 0.175 e.